The van der Waals surface area contributed by atoms with Crippen molar-refractivity contribution >= 4 is 22.6 Å². The third-order valence-corrected chi connectivity index (χ3v) is 3.56. The Morgan fingerprint density at radius 2 is 1.95 bits per heavy atom. The molecule has 0 aliphatic rings. The molecule has 0 saturated carbocycles. The van der Waals surface area contributed by atoms with Gasteiger partial charge in [0, 0.05) is 11.8 Å². The SMILES string of the molecule is OC(Cc1cccc(Cl)c1F)c1cc2cc(F)ccc2o1. The van der Waals surface area contributed by atoms with Crippen LogP contribution in [0.4, 0.5) is 8.78 Å². The highest BCUT2D eigenvalue weighted by atomic mass is 35.5. The van der Waals surface area contributed by atoms with Gasteiger partial charge in [0.2, 0.25) is 0 Å². The minimum atomic E-state index is -1.03. The van der Waals surface area contributed by atoms with Gasteiger partial charge in [-0.15, -0.1) is 0 Å². The summed E-state index contributed by atoms with van der Waals surface area (Å²) in [7, 11) is 0. The number of rotatable bonds is 3. The molecule has 0 amide bonds. The summed E-state index contributed by atoms with van der Waals surface area (Å²) >= 11 is 5.70. The molecule has 1 heterocycles. The van der Waals surface area contributed by atoms with Gasteiger partial charge in [-0.3, -0.25) is 0 Å². The number of benzene rings is 2. The molecular weight excluding hydrogens is 298 g/mol. The van der Waals surface area contributed by atoms with Gasteiger partial charge in [0.05, 0.1) is 5.02 Å². The fraction of sp³-hybridized carbons (Fsp3) is 0.125. The van der Waals surface area contributed by atoms with E-state index in [-0.39, 0.29) is 23.0 Å². The average molecular weight is 309 g/mol. The van der Waals surface area contributed by atoms with Crippen LogP contribution >= 0.6 is 11.6 Å². The number of fused-ring (bicyclic) bond motifs is 1. The number of hydrogen-bond donors (Lipinski definition) is 1. The molecule has 108 valence electrons. The number of hydrogen-bond acceptors (Lipinski definition) is 2. The number of furan rings is 1. The Kier molecular flexibility index (Phi) is 3.66. The summed E-state index contributed by atoms with van der Waals surface area (Å²) < 4.78 is 32.4. The van der Waals surface area contributed by atoms with Crippen LogP contribution in [0, 0.1) is 11.6 Å². The predicted molar refractivity (Wildman–Crippen MR) is 76.2 cm³/mol. The minimum absolute atomic E-state index is 0.00590. The molecule has 1 unspecified atom stereocenters. The van der Waals surface area contributed by atoms with Gasteiger partial charge in [-0.05, 0) is 35.9 Å². The zero-order valence-electron chi connectivity index (χ0n) is 10.8. The van der Waals surface area contributed by atoms with E-state index in [9.17, 15) is 13.9 Å². The van der Waals surface area contributed by atoms with E-state index in [4.69, 9.17) is 16.0 Å². The molecule has 2 aromatic carbocycles. The standard InChI is InChI=1S/C16H11ClF2O2/c17-12-3-1-2-9(16(12)19)7-13(20)15-8-10-6-11(18)4-5-14(10)21-15/h1-6,8,13,20H,7H2. The molecule has 1 atom stereocenters. The molecule has 0 aliphatic carbocycles. The molecule has 5 heteroatoms. The zero-order chi connectivity index (χ0) is 15.0. The van der Waals surface area contributed by atoms with E-state index in [1.807, 2.05) is 0 Å². The Morgan fingerprint density at radius 1 is 1.14 bits per heavy atom. The van der Waals surface area contributed by atoms with Crippen LogP contribution < -0.4 is 0 Å². The van der Waals surface area contributed by atoms with E-state index in [0.717, 1.165) is 0 Å². The summed E-state index contributed by atoms with van der Waals surface area (Å²) in [6.07, 6.45) is -1.01. The lowest BCUT2D eigenvalue weighted by molar-refractivity contribution is 0.151. The lowest BCUT2D eigenvalue weighted by atomic mass is 10.1. The maximum Gasteiger partial charge on any atom is 0.145 e. The Bertz CT molecular complexity index is 798. The van der Waals surface area contributed by atoms with Gasteiger partial charge in [-0.1, -0.05) is 23.7 Å². The molecule has 0 aliphatic heterocycles. The van der Waals surface area contributed by atoms with Crippen molar-refractivity contribution < 1.29 is 18.3 Å². The fourth-order valence-electron chi connectivity index (χ4n) is 2.21. The van der Waals surface area contributed by atoms with E-state index in [1.165, 1.54) is 24.3 Å². The maximum absolute atomic E-state index is 13.8. The van der Waals surface area contributed by atoms with Gasteiger partial charge in [-0.2, -0.15) is 0 Å². The summed E-state index contributed by atoms with van der Waals surface area (Å²) in [4.78, 5) is 0. The molecule has 0 saturated heterocycles. The van der Waals surface area contributed by atoms with E-state index in [1.54, 1.807) is 18.2 Å². The first-order valence-corrected chi connectivity index (χ1v) is 6.72. The van der Waals surface area contributed by atoms with Crippen molar-refractivity contribution in [3.05, 3.63) is 70.4 Å². The van der Waals surface area contributed by atoms with E-state index < -0.39 is 11.9 Å². The molecule has 0 bridgehead atoms. The summed E-state index contributed by atoms with van der Waals surface area (Å²) in [5.74, 6) is -0.680. The maximum atomic E-state index is 13.8. The van der Waals surface area contributed by atoms with Crippen molar-refractivity contribution in [1.82, 2.24) is 0 Å². The van der Waals surface area contributed by atoms with Crippen molar-refractivity contribution in [2.24, 2.45) is 0 Å². The van der Waals surface area contributed by atoms with Gasteiger partial charge in [0.1, 0.15) is 29.1 Å². The Morgan fingerprint density at radius 3 is 2.76 bits per heavy atom. The second-order valence-electron chi connectivity index (χ2n) is 4.76. The van der Waals surface area contributed by atoms with E-state index in [0.29, 0.717) is 16.5 Å². The number of aliphatic hydroxyl groups excluding tert-OH is 1. The first kappa shape index (κ1) is 14.0. The van der Waals surface area contributed by atoms with Crippen LogP contribution in [-0.2, 0) is 6.42 Å². The Hall–Kier alpha value is -1.91. The third-order valence-electron chi connectivity index (χ3n) is 3.27. The summed E-state index contributed by atoms with van der Waals surface area (Å²) in [6, 6.07) is 10.2. The molecule has 0 radical (unpaired) electrons. The highest BCUT2D eigenvalue weighted by molar-refractivity contribution is 6.30. The molecule has 21 heavy (non-hydrogen) atoms. The van der Waals surface area contributed by atoms with Crippen LogP contribution in [0.5, 0.6) is 0 Å². The zero-order valence-corrected chi connectivity index (χ0v) is 11.6. The second kappa shape index (κ2) is 5.47. The molecular formula is C16H11ClF2O2. The van der Waals surface area contributed by atoms with Gasteiger partial charge < -0.3 is 9.52 Å². The van der Waals surface area contributed by atoms with Crippen LogP contribution in [-0.4, -0.2) is 5.11 Å². The normalized spacial score (nSPS) is 12.8. The van der Waals surface area contributed by atoms with Crippen molar-refractivity contribution in [3.63, 3.8) is 0 Å². The van der Waals surface area contributed by atoms with Crippen LogP contribution in [0.3, 0.4) is 0 Å². The number of aliphatic hydroxyl groups is 1. The first-order valence-electron chi connectivity index (χ1n) is 6.34. The van der Waals surface area contributed by atoms with Gasteiger partial charge >= 0.3 is 0 Å². The Labute approximate surface area is 124 Å². The van der Waals surface area contributed by atoms with Crippen molar-refractivity contribution in [2.45, 2.75) is 12.5 Å². The summed E-state index contributed by atoms with van der Waals surface area (Å²) in [5.41, 5.74) is 0.763. The van der Waals surface area contributed by atoms with Gasteiger partial charge in [-0.25, -0.2) is 8.78 Å². The molecule has 0 fully saturated rings. The van der Waals surface area contributed by atoms with Crippen LogP contribution in [0.1, 0.15) is 17.4 Å². The second-order valence-corrected chi connectivity index (χ2v) is 5.17. The highest BCUT2D eigenvalue weighted by Gasteiger charge is 2.17. The lowest BCUT2D eigenvalue weighted by Gasteiger charge is -2.09. The van der Waals surface area contributed by atoms with Gasteiger partial charge in [0.25, 0.3) is 0 Å². The lowest BCUT2D eigenvalue weighted by Crippen LogP contribution is -2.02. The molecule has 1 N–H and O–H groups in total. The average Bonchev–Trinajstić information content (AvgIpc) is 2.87. The largest absolute Gasteiger partial charge is 0.458 e. The van der Waals surface area contributed by atoms with Crippen LogP contribution in [0.2, 0.25) is 5.02 Å². The molecule has 2 nitrogen and oxygen atoms in total. The monoisotopic (exact) mass is 308 g/mol. The smallest absolute Gasteiger partial charge is 0.145 e. The van der Waals surface area contributed by atoms with E-state index in [2.05, 4.69) is 0 Å². The third kappa shape index (κ3) is 2.77. The quantitative estimate of drug-likeness (QED) is 0.764. The van der Waals surface area contributed by atoms with Gasteiger partial charge in [0.15, 0.2) is 0 Å². The van der Waals surface area contributed by atoms with Crippen molar-refractivity contribution in [3.8, 4) is 0 Å². The molecule has 3 aromatic rings. The predicted octanol–water partition coefficient (Wildman–Crippen LogP) is 4.64. The highest BCUT2D eigenvalue weighted by Crippen LogP contribution is 2.28. The van der Waals surface area contributed by atoms with E-state index >= 15 is 0 Å². The molecule has 1 aromatic heterocycles. The first-order chi connectivity index (χ1) is 10.0. The summed E-state index contributed by atoms with van der Waals surface area (Å²) in [5, 5.41) is 10.7. The number of halogens is 3. The van der Waals surface area contributed by atoms with Crippen molar-refractivity contribution in [1.29, 1.82) is 0 Å². The molecule has 0 spiro atoms. The minimum Gasteiger partial charge on any atom is -0.458 e. The fourth-order valence-corrected chi connectivity index (χ4v) is 2.41. The van der Waals surface area contributed by atoms with Crippen LogP contribution in [0.25, 0.3) is 11.0 Å². The van der Waals surface area contributed by atoms with Crippen LogP contribution in [0.15, 0.2) is 46.9 Å². The van der Waals surface area contributed by atoms with Crippen molar-refractivity contribution in [2.75, 3.05) is 0 Å². The summed E-state index contributed by atoms with van der Waals surface area (Å²) in [6.45, 7) is 0. The molecule has 3 rings (SSSR count). The topological polar surface area (TPSA) is 33.4 Å². The Balaban J connectivity index is 1.89.